The molecular weight excluding hydrogens is 476 g/mol. The van der Waals surface area contributed by atoms with Crippen LogP contribution < -0.4 is 10.6 Å². The van der Waals surface area contributed by atoms with Gasteiger partial charge in [-0.3, -0.25) is 9.89 Å². The highest BCUT2D eigenvalue weighted by Gasteiger charge is 2.28. The normalized spacial score (nSPS) is 17.9. The quantitative estimate of drug-likeness (QED) is 0.183. The lowest BCUT2D eigenvalue weighted by Gasteiger charge is -2.18. The van der Waals surface area contributed by atoms with Gasteiger partial charge in [-0.2, -0.15) is 13.2 Å². The zero-order chi connectivity index (χ0) is 19.3. The molecule has 0 aliphatic carbocycles. The van der Waals surface area contributed by atoms with Crippen LogP contribution in [0.4, 0.5) is 13.2 Å². The number of nitrogens with zero attached hydrogens (tertiary/aromatic N) is 2. The monoisotopic (exact) mass is 510 g/mol. The molecule has 162 valence electrons. The molecule has 1 aliphatic heterocycles. The van der Waals surface area contributed by atoms with E-state index in [0.717, 1.165) is 32.4 Å². The average molecular weight is 510 g/mol. The van der Waals surface area contributed by atoms with E-state index in [2.05, 4.69) is 15.6 Å². The standard InChI is InChI=1S/C17H33F3N4O2.HI/c1-3-21-16(22-8-5-10-24(2)14-17(18,19)20)23-9-6-11-25-13-15-7-4-12-26-15;/h15H,3-14H2,1-2H3,(H2,21,22,23);1H. The van der Waals surface area contributed by atoms with Gasteiger partial charge in [-0.05, 0) is 46.2 Å². The zero-order valence-corrected chi connectivity index (χ0v) is 18.6. The predicted molar refractivity (Wildman–Crippen MR) is 112 cm³/mol. The smallest absolute Gasteiger partial charge is 0.379 e. The molecule has 0 saturated carbocycles. The topological polar surface area (TPSA) is 58.1 Å². The number of rotatable bonds is 12. The Bertz CT molecular complexity index is 395. The van der Waals surface area contributed by atoms with Gasteiger partial charge in [-0.25, -0.2) is 0 Å². The molecule has 1 heterocycles. The first-order valence-corrected chi connectivity index (χ1v) is 9.37. The zero-order valence-electron chi connectivity index (χ0n) is 16.3. The van der Waals surface area contributed by atoms with Gasteiger partial charge in [0.2, 0.25) is 0 Å². The molecule has 1 atom stereocenters. The van der Waals surface area contributed by atoms with Gasteiger partial charge in [0.15, 0.2) is 5.96 Å². The molecule has 0 bridgehead atoms. The van der Waals surface area contributed by atoms with Crippen LogP contribution >= 0.6 is 24.0 Å². The summed E-state index contributed by atoms with van der Waals surface area (Å²) >= 11 is 0. The molecule has 1 aliphatic rings. The fraction of sp³-hybridized carbons (Fsp3) is 0.941. The van der Waals surface area contributed by atoms with Crippen molar-refractivity contribution >= 4 is 29.9 Å². The summed E-state index contributed by atoms with van der Waals surface area (Å²) in [6, 6.07) is 0. The Morgan fingerprint density at radius 3 is 2.70 bits per heavy atom. The molecule has 1 saturated heterocycles. The van der Waals surface area contributed by atoms with Crippen LogP contribution in [-0.2, 0) is 9.47 Å². The summed E-state index contributed by atoms with van der Waals surface area (Å²) in [4.78, 5) is 5.72. The van der Waals surface area contributed by atoms with E-state index in [1.54, 1.807) is 0 Å². The number of nitrogens with one attached hydrogen (secondary N) is 2. The van der Waals surface area contributed by atoms with Gasteiger partial charge < -0.3 is 20.1 Å². The Balaban J connectivity index is 0.00000676. The highest BCUT2D eigenvalue weighted by Crippen LogP contribution is 2.15. The number of guanidine groups is 1. The van der Waals surface area contributed by atoms with Crippen LogP contribution in [0.5, 0.6) is 0 Å². The molecule has 10 heteroatoms. The molecule has 1 unspecified atom stereocenters. The van der Waals surface area contributed by atoms with E-state index in [0.29, 0.717) is 45.2 Å². The maximum Gasteiger partial charge on any atom is 0.401 e. The van der Waals surface area contributed by atoms with Crippen molar-refractivity contribution < 1.29 is 22.6 Å². The number of hydrogen-bond acceptors (Lipinski definition) is 4. The minimum Gasteiger partial charge on any atom is -0.379 e. The SMILES string of the molecule is CCNC(=NCCCOCC1CCCO1)NCCCN(C)CC(F)(F)F.I. The fourth-order valence-corrected chi connectivity index (χ4v) is 2.63. The van der Waals surface area contributed by atoms with Crippen molar-refractivity contribution in [2.24, 2.45) is 4.99 Å². The van der Waals surface area contributed by atoms with Crippen molar-refractivity contribution in [1.29, 1.82) is 0 Å². The highest BCUT2D eigenvalue weighted by molar-refractivity contribution is 14.0. The van der Waals surface area contributed by atoms with E-state index in [1.807, 2.05) is 6.92 Å². The molecule has 0 spiro atoms. The summed E-state index contributed by atoms with van der Waals surface area (Å²) in [7, 11) is 1.48. The van der Waals surface area contributed by atoms with E-state index in [-0.39, 0.29) is 30.1 Å². The van der Waals surface area contributed by atoms with Crippen molar-refractivity contribution in [3.8, 4) is 0 Å². The van der Waals surface area contributed by atoms with Crippen LogP contribution in [0.3, 0.4) is 0 Å². The lowest BCUT2D eigenvalue weighted by atomic mass is 10.2. The van der Waals surface area contributed by atoms with Gasteiger partial charge in [-0.1, -0.05) is 0 Å². The minimum atomic E-state index is -4.15. The molecule has 6 nitrogen and oxygen atoms in total. The Kier molecular flexibility index (Phi) is 15.4. The Hall–Kier alpha value is -0.330. The van der Waals surface area contributed by atoms with Gasteiger partial charge in [0.25, 0.3) is 0 Å². The molecule has 1 rings (SSSR count). The molecule has 0 aromatic heterocycles. The summed E-state index contributed by atoms with van der Waals surface area (Å²) in [6.45, 7) is 5.53. The first-order chi connectivity index (χ1) is 12.4. The average Bonchev–Trinajstić information content (AvgIpc) is 3.06. The van der Waals surface area contributed by atoms with E-state index < -0.39 is 12.7 Å². The van der Waals surface area contributed by atoms with Crippen LogP contribution in [0.25, 0.3) is 0 Å². The summed E-state index contributed by atoms with van der Waals surface area (Å²) in [5, 5.41) is 6.27. The maximum absolute atomic E-state index is 12.3. The van der Waals surface area contributed by atoms with Crippen molar-refractivity contribution in [1.82, 2.24) is 15.5 Å². The molecule has 0 amide bonds. The van der Waals surface area contributed by atoms with E-state index in [4.69, 9.17) is 9.47 Å². The Morgan fingerprint density at radius 2 is 2.07 bits per heavy atom. The van der Waals surface area contributed by atoms with Gasteiger partial charge >= 0.3 is 6.18 Å². The number of halogens is 4. The Morgan fingerprint density at radius 1 is 1.30 bits per heavy atom. The van der Waals surface area contributed by atoms with Crippen LogP contribution in [0.15, 0.2) is 4.99 Å². The van der Waals surface area contributed by atoms with Gasteiger partial charge in [0.1, 0.15) is 0 Å². The van der Waals surface area contributed by atoms with Crippen LogP contribution in [0.2, 0.25) is 0 Å². The molecule has 0 aromatic carbocycles. The third kappa shape index (κ3) is 15.3. The maximum atomic E-state index is 12.3. The summed E-state index contributed by atoms with van der Waals surface area (Å²) in [5.41, 5.74) is 0. The van der Waals surface area contributed by atoms with Crippen LogP contribution in [-0.4, -0.2) is 82.7 Å². The van der Waals surface area contributed by atoms with Crippen LogP contribution in [0, 0.1) is 0 Å². The van der Waals surface area contributed by atoms with Crippen molar-refractivity contribution in [3.05, 3.63) is 0 Å². The summed E-state index contributed by atoms with van der Waals surface area (Å²) in [6.07, 6.45) is -0.288. The molecule has 27 heavy (non-hydrogen) atoms. The van der Waals surface area contributed by atoms with Crippen LogP contribution in [0.1, 0.15) is 32.6 Å². The molecule has 2 N–H and O–H groups in total. The second kappa shape index (κ2) is 15.6. The highest BCUT2D eigenvalue weighted by atomic mass is 127. The Labute approximate surface area is 177 Å². The van der Waals surface area contributed by atoms with Gasteiger partial charge in [0, 0.05) is 32.8 Å². The number of alkyl halides is 3. The molecular formula is C17H34F3IN4O2. The largest absolute Gasteiger partial charge is 0.401 e. The lowest BCUT2D eigenvalue weighted by Crippen LogP contribution is -2.39. The number of ether oxygens (including phenoxy) is 2. The number of hydrogen-bond donors (Lipinski definition) is 2. The summed E-state index contributed by atoms with van der Waals surface area (Å²) in [5.74, 6) is 0.685. The van der Waals surface area contributed by atoms with Crippen molar-refractivity contribution in [3.63, 3.8) is 0 Å². The molecule has 0 aromatic rings. The fourth-order valence-electron chi connectivity index (χ4n) is 2.63. The second-order valence-electron chi connectivity index (χ2n) is 6.46. The van der Waals surface area contributed by atoms with E-state index in [1.165, 1.54) is 11.9 Å². The van der Waals surface area contributed by atoms with E-state index in [9.17, 15) is 13.2 Å². The third-order valence-electron chi connectivity index (χ3n) is 3.85. The lowest BCUT2D eigenvalue weighted by molar-refractivity contribution is -0.143. The summed E-state index contributed by atoms with van der Waals surface area (Å²) < 4.78 is 47.8. The minimum absolute atomic E-state index is 0. The second-order valence-corrected chi connectivity index (χ2v) is 6.46. The predicted octanol–water partition coefficient (Wildman–Crippen LogP) is 2.63. The van der Waals surface area contributed by atoms with E-state index >= 15 is 0 Å². The van der Waals surface area contributed by atoms with Gasteiger partial charge in [-0.15, -0.1) is 24.0 Å². The number of aliphatic imine (C=N–C) groups is 1. The van der Waals surface area contributed by atoms with Crippen molar-refractivity contribution in [2.45, 2.75) is 44.9 Å². The molecule has 1 fully saturated rings. The van der Waals surface area contributed by atoms with Crippen molar-refractivity contribution in [2.75, 3.05) is 59.6 Å². The third-order valence-corrected chi connectivity index (χ3v) is 3.85. The first kappa shape index (κ1) is 26.7. The molecule has 0 radical (unpaired) electrons. The first-order valence-electron chi connectivity index (χ1n) is 9.37. The van der Waals surface area contributed by atoms with Gasteiger partial charge in [0.05, 0.1) is 19.3 Å².